The highest BCUT2D eigenvalue weighted by atomic mass is 16.3. The van der Waals surface area contributed by atoms with Gasteiger partial charge in [0, 0.05) is 31.6 Å². The highest BCUT2D eigenvalue weighted by molar-refractivity contribution is 5.95. The first-order valence-electron chi connectivity index (χ1n) is 9.55. The van der Waals surface area contributed by atoms with Gasteiger partial charge >= 0.3 is 0 Å². The monoisotopic (exact) mass is 385 g/mol. The Morgan fingerprint density at radius 2 is 1.72 bits per heavy atom. The van der Waals surface area contributed by atoms with E-state index in [1.165, 1.54) is 0 Å². The molecular weight excluding hydrogens is 366 g/mol. The summed E-state index contributed by atoms with van der Waals surface area (Å²) in [5.41, 5.74) is 2.03. The van der Waals surface area contributed by atoms with E-state index in [4.69, 9.17) is 4.42 Å². The van der Waals surface area contributed by atoms with Crippen molar-refractivity contribution in [1.82, 2.24) is 20.1 Å². The van der Waals surface area contributed by atoms with Crippen molar-refractivity contribution in [3.63, 3.8) is 0 Å². The molecule has 144 valence electrons. The molecule has 0 aliphatic carbocycles. The maximum Gasteiger partial charge on any atom is 0.272 e. The van der Waals surface area contributed by atoms with Gasteiger partial charge in [-0.1, -0.05) is 24.3 Å². The van der Waals surface area contributed by atoms with E-state index in [-0.39, 0.29) is 5.91 Å². The summed E-state index contributed by atoms with van der Waals surface area (Å²) in [5, 5.41) is 9.60. The molecule has 1 fully saturated rings. The van der Waals surface area contributed by atoms with Crippen LogP contribution in [0.3, 0.4) is 0 Å². The maximum atomic E-state index is 12.9. The molecule has 0 radical (unpaired) electrons. The number of nitrogens with zero attached hydrogens (tertiary/aromatic N) is 5. The first kappa shape index (κ1) is 17.4. The second kappa shape index (κ2) is 7.35. The molecule has 3 aromatic heterocycles. The van der Waals surface area contributed by atoms with E-state index < -0.39 is 0 Å². The quantitative estimate of drug-likeness (QED) is 0.539. The molecular formula is C22H19N5O2. The van der Waals surface area contributed by atoms with Gasteiger partial charge in [0.15, 0.2) is 11.6 Å². The Bertz CT molecular complexity index is 1130. The largest absolute Gasteiger partial charge is 0.463 e. The van der Waals surface area contributed by atoms with E-state index in [0.29, 0.717) is 43.3 Å². The highest BCUT2D eigenvalue weighted by Gasteiger charge is 2.24. The molecule has 1 aliphatic rings. The molecule has 1 amide bonds. The fraction of sp³-hybridized carbons (Fsp3) is 0.182. The third kappa shape index (κ3) is 3.42. The van der Waals surface area contributed by atoms with Gasteiger partial charge in [-0.05, 0) is 36.4 Å². The fourth-order valence-corrected chi connectivity index (χ4v) is 3.54. The van der Waals surface area contributed by atoms with Crippen LogP contribution in [0.4, 0.5) is 5.82 Å². The minimum atomic E-state index is -0.0327. The Hall–Kier alpha value is -3.74. The minimum Gasteiger partial charge on any atom is -0.463 e. The molecule has 1 aliphatic heterocycles. The molecule has 29 heavy (non-hydrogen) atoms. The number of pyridine rings is 1. The van der Waals surface area contributed by atoms with Crippen molar-refractivity contribution >= 4 is 22.6 Å². The number of carbonyl (C=O) groups is 1. The summed E-state index contributed by atoms with van der Waals surface area (Å²) in [6.45, 7) is 2.64. The fourth-order valence-electron chi connectivity index (χ4n) is 3.54. The maximum absolute atomic E-state index is 12.9. The van der Waals surface area contributed by atoms with E-state index >= 15 is 0 Å². The van der Waals surface area contributed by atoms with Crippen molar-refractivity contribution < 1.29 is 9.21 Å². The number of benzene rings is 1. The molecule has 0 atom stereocenters. The van der Waals surface area contributed by atoms with Crippen LogP contribution in [-0.2, 0) is 0 Å². The Kier molecular flexibility index (Phi) is 4.40. The summed E-state index contributed by atoms with van der Waals surface area (Å²) in [5.74, 6) is 1.47. The summed E-state index contributed by atoms with van der Waals surface area (Å²) in [6, 6.07) is 19.1. The topological polar surface area (TPSA) is 75.4 Å². The number of hydrogen-bond acceptors (Lipinski definition) is 6. The van der Waals surface area contributed by atoms with Crippen LogP contribution < -0.4 is 4.90 Å². The van der Waals surface area contributed by atoms with Crippen molar-refractivity contribution in [2.45, 2.75) is 0 Å². The Labute approximate surface area is 167 Å². The number of rotatable bonds is 3. The molecule has 0 bridgehead atoms. The number of carbonyl (C=O) groups excluding carboxylic acids is 1. The first-order valence-corrected chi connectivity index (χ1v) is 9.55. The van der Waals surface area contributed by atoms with E-state index in [1.54, 1.807) is 12.3 Å². The Morgan fingerprint density at radius 1 is 0.862 bits per heavy atom. The number of piperazine rings is 1. The smallest absolute Gasteiger partial charge is 0.272 e. The van der Waals surface area contributed by atoms with Crippen molar-refractivity contribution in [3.8, 4) is 11.5 Å². The molecule has 4 aromatic rings. The zero-order chi connectivity index (χ0) is 19.6. The molecule has 7 heteroatoms. The number of anilines is 1. The van der Waals surface area contributed by atoms with Gasteiger partial charge in [0.1, 0.15) is 11.4 Å². The lowest BCUT2D eigenvalue weighted by atomic mass is 10.2. The number of amides is 1. The van der Waals surface area contributed by atoms with Gasteiger partial charge in [-0.3, -0.25) is 4.79 Å². The third-order valence-corrected chi connectivity index (χ3v) is 5.13. The average molecular weight is 385 g/mol. The Balaban J connectivity index is 1.25. The van der Waals surface area contributed by atoms with Gasteiger partial charge < -0.3 is 14.2 Å². The standard InChI is InChI=1S/C22H19N5O2/c28-22(19-8-7-16-4-1-2-5-17(16)23-19)27-13-11-26(12-14-27)21-10-9-18(24-25-21)20-6-3-15-29-20/h1-10,15H,11-14H2. The van der Waals surface area contributed by atoms with Crippen LogP contribution in [-0.4, -0.2) is 52.2 Å². The normalized spacial score (nSPS) is 14.3. The molecule has 0 N–H and O–H groups in total. The third-order valence-electron chi connectivity index (χ3n) is 5.13. The van der Waals surface area contributed by atoms with Gasteiger partial charge in [0.2, 0.25) is 0 Å². The van der Waals surface area contributed by atoms with Crippen molar-refractivity contribution in [2.75, 3.05) is 31.1 Å². The summed E-state index contributed by atoms with van der Waals surface area (Å²) < 4.78 is 5.35. The van der Waals surface area contributed by atoms with Crippen LogP contribution in [0.1, 0.15) is 10.5 Å². The highest BCUT2D eigenvalue weighted by Crippen LogP contribution is 2.20. The van der Waals surface area contributed by atoms with Crippen molar-refractivity contribution in [3.05, 3.63) is 72.6 Å². The number of aromatic nitrogens is 3. The zero-order valence-corrected chi connectivity index (χ0v) is 15.7. The molecule has 7 nitrogen and oxygen atoms in total. The lowest BCUT2D eigenvalue weighted by molar-refractivity contribution is 0.0741. The second-order valence-corrected chi connectivity index (χ2v) is 6.92. The van der Waals surface area contributed by atoms with Gasteiger partial charge in [0.25, 0.3) is 5.91 Å². The molecule has 0 unspecified atom stereocenters. The van der Waals surface area contributed by atoms with E-state index in [0.717, 1.165) is 16.7 Å². The predicted molar refractivity (Wildman–Crippen MR) is 110 cm³/mol. The van der Waals surface area contributed by atoms with Crippen LogP contribution in [0.15, 0.2) is 71.3 Å². The summed E-state index contributed by atoms with van der Waals surface area (Å²) >= 11 is 0. The summed E-state index contributed by atoms with van der Waals surface area (Å²) in [7, 11) is 0. The van der Waals surface area contributed by atoms with E-state index in [1.807, 2.05) is 59.5 Å². The lowest BCUT2D eigenvalue weighted by Crippen LogP contribution is -2.49. The summed E-state index contributed by atoms with van der Waals surface area (Å²) in [4.78, 5) is 21.4. The molecule has 0 spiro atoms. The zero-order valence-electron chi connectivity index (χ0n) is 15.7. The van der Waals surface area contributed by atoms with Crippen molar-refractivity contribution in [2.24, 2.45) is 0 Å². The summed E-state index contributed by atoms with van der Waals surface area (Å²) in [6.07, 6.45) is 1.62. The van der Waals surface area contributed by atoms with Crippen LogP contribution in [0, 0.1) is 0 Å². The van der Waals surface area contributed by atoms with Gasteiger partial charge in [-0.15, -0.1) is 10.2 Å². The molecule has 0 saturated carbocycles. The second-order valence-electron chi connectivity index (χ2n) is 6.92. The van der Waals surface area contributed by atoms with Crippen LogP contribution in [0.5, 0.6) is 0 Å². The molecule has 1 saturated heterocycles. The SMILES string of the molecule is O=C(c1ccc2ccccc2n1)N1CCN(c2ccc(-c3ccco3)nn2)CC1. The molecule has 4 heterocycles. The molecule has 5 rings (SSSR count). The number of hydrogen-bond donors (Lipinski definition) is 0. The van der Waals surface area contributed by atoms with Gasteiger partial charge in [0.05, 0.1) is 11.8 Å². The molecule has 1 aromatic carbocycles. The van der Waals surface area contributed by atoms with E-state index in [9.17, 15) is 4.79 Å². The average Bonchev–Trinajstić information content (AvgIpc) is 3.33. The number of fused-ring (bicyclic) bond motifs is 1. The van der Waals surface area contributed by atoms with Gasteiger partial charge in [-0.25, -0.2) is 4.98 Å². The van der Waals surface area contributed by atoms with Gasteiger partial charge in [-0.2, -0.15) is 0 Å². The minimum absolute atomic E-state index is 0.0327. The van der Waals surface area contributed by atoms with Crippen LogP contribution in [0.25, 0.3) is 22.4 Å². The lowest BCUT2D eigenvalue weighted by Gasteiger charge is -2.35. The first-order chi connectivity index (χ1) is 14.3. The predicted octanol–water partition coefficient (Wildman–Crippen LogP) is 3.25. The number of para-hydroxylation sites is 1. The van der Waals surface area contributed by atoms with Crippen LogP contribution in [0.2, 0.25) is 0 Å². The van der Waals surface area contributed by atoms with Crippen LogP contribution >= 0.6 is 0 Å². The number of furan rings is 1. The van der Waals surface area contributed by atoms with Crippen molar-refractivity contribution in [1.29, 1.82) is 0 Å². The Morgan fingerprint density at radius 3 is 2.48 bits per heavy atom. The van der Waals surface area contributed by atoms with E-state index in [2.05, 4.69) is 20.1 Å².